The number of carbonyl (C=O) groups excluding carboxylic acids is 2. The number of amides is 2. The van der Waals surface area contributed by atoms with Gasteiger partial charge in [-0.15, -0.1) is 0 Å². The van der Waals surface area contributed by atoms with Crippen molar-refractivity contribution in [3.8, 4) is 6.07 Å². The van der Waals surface area contributed by atoms with Gasteiger partial charge in [0.05, 0.1) is 24.1 Å². The SMILES string of the molecule is CCNC(=O)[C@@H]1C[C@H](NC(=O)c2ccc(C#N)nc2)CN1Cc1ccoc1. The van der Waals surface area contributed by atoms with E-state index in [1.165, 1.54) is 12.3 Å². The molecule has 0 aliphatic carbocycles. The first kappa shape index (κ1) is 18.6. The molecule has 1 fully saturated rings. The molecule has 3 heterocycles. The van der Waals surface area contributed by atoms with Crippen molar-refractivity contribution < 1.29 is 14.0 Å². The lowest BCUT2D eigenvalue weighted by Crippen LogP contribution is -2.42. The van der Waals surface area contributed by atoms with Crippen LogP contribution >= 0.6 is 0 Å². The van der Waals surface area contributed by atoms with Crippen LogP contribution in [-0.4, -0.2) is 46.9 Å². The number of rotatable bonds is 6. The largest absolute Gasteiger partial charge is 0.472 e. The van der Waals surface area contributed by atoms with Gasteiger partial charge in [-0.1, -0.05) is 0 Å². The number of hydrogen-bond donors (Lipinski definition) is 2. The minimum absolute atomic E-state index is 0.0437. The standard InChI is InChI=1S/C19H21N5O3/c1-2-21-19(26)17-7-16(11-24(17)10-13-5-6-27-12-13)23-18(25)14-3-4-15(8-20)22-9-14/h3-6,9,12,16-17H,2,7,10-11H2,1H3,(H,21,26)(H,23,25)/t16-,17-/m0/s1. The molecule has 0 spiro atoms. The van der Waals surface area contributed by atoms with E-state index in [1.54, 1.807) is 18.6 Å². The average Bonchev–Trinajstić information content (AvgIpc) is 3.32. The Morgan fingerprint density at radius 3 is 2.89 bits per heavy atom. The highest BCUT2D eigenvalue weighted by molar-refractivity contribution is 5.94. The van der Waals surface area contributed by atoms with Crippen LogP contribution in [-0.2, 0) is 11.3 Å². The molecule has 1 saturated heterocycles. The Labute approximate surface area is 157 Å². The predicted octanol–water partition coefficient (Wildman–Crippen LogP) is 1.06. The fraction of sp³-hybridized carbons (Fsp3) is 0.368. The molecule has 8 nitrogen and oxygen atoms in total. The van der Waals surface area contributed by atoms with E-state index in [1.807, 2.05) is 24.0 Å². The molecule has 1 aliphatic rings. The summed E-state index contributed by atoms with van der Waals surface area (Å²) in [7, 11) is 0. The summed E-state index contributed by atoms with van der Waals surface area (Å²) in [6.07, 6.45) is 5.17. The lowest BCUT2D eigenvalue weighted by molar-refractivity contribution is -0.125. The molecule has 27 heavy (non-hydrogen) atoms. The first-order valence-corrected chi connectivity index (χ1v) is 8.80. The number of pyridine rings is 1. The van der Waals surface area contributed by atoms with Crippen LogP contribution in [0.25, 0.3) is 0 Å². The fourth-order valence-corrected chi connectivity index (χ4v) is 3.23. The monoisotopic (exact) mass is 367 g/mol. The zero-order valence-electron chi connectivity index (χ0n) is 15.0. The molecule has 2 N–H and O–H groups in total. The van der Waals surface area contributed by atoms with Crippen LogP contribution in [0.3, 0.4) is 0 Å². The van der Waals surface area contributed by atoms with Crippen molar-refractivity contribution in [1.82, 2.24) is 20.5 Å². The van der Waals surface area contributed by atoms with Crippen molar-refractivity contribution in [3.05, 3.63) is 53.7 Å². The highest BCUT2D eigenvalue weighted by atomic mass is 16.3. The van der Waals surface area contributed by atoms with E-state index >= 15 is 0 Å². The van der Waals surface area contributed by atoms with Crippen LogP contribution in [0.1, 0.15) is 35.0 Å². The van der Waals surface area contributed by atoms with E-state index in [0.717, 1.165) is 5.56 Å². The lowest BCUT2D eigenvalue weighted by Gasteiger charge is -2.22. The van der Waals surface area contributed by atoms with E-state index in [2.05, 4.69) is 15.6 Å². The molecular weight excluding hydrogens is 346 g/mol. The van der Waals surface area contributed by atoms with E-state index in [-0.39, 0.29) is 29.6 Å². The number of nitrogens with one attached hydrogen (secondary N) is 2. The molecule has 2 aromatic rings. The summed E-state index contributed by atoms with van der Waals surface area (Å²) in [5.74, 6) is -0.311. The summed E-state index contributed by atoms with van der Waals surface area (Å²) < 4.78 is 5.11. The fourth-order valence-electron chi connectivity index (χ4n) is 3.23. The third-order valence-electron chi connectivity index (χ3n) is 4.50. The molecule has 140 valence electrons. The van der Waals surface area contributed by atoms with Crippen molar-refractivity contribution in [2.75, 3.05) is 13.1 Å². The second-order valence-electron chi connectivity index (χ2n) is 6.42. The first-order chi connectivity index (χ1) is 13.1. The van der Waals surface area contributed by atoms with Gasteiger partial charge >= 0.3 is 0 Å². The Hall–Kier alpha value is -3.18. The number of furan rings is 1. The maximum Gasteiger partial charge on any atom is 0.253 e. The van der Waals surface area contributed by atoms with Gasteiger partial charge in [-0.25, -0.2) is 4.98 Å². The van der Waals surface area contributed by atoms with Gasteiger partial charge in [0.1, 0.15) is 11.8 Å². The average molecular weight is 367 g/mol. The molecular formula is C19H21N5O3. The number of aromatic nitrogens is 1. The third kappa shape index (κ3) is 4.51. The molecule has 8 heteroatoms. The lowest BCUT2D eigenvalue weighted by atomic mass is 10.1. The molecule has 2 aromatic heterocycles. The quantitative estimate of drug-likeness (QED) is 0.790. The van der Waals surface area contributed by atoms with Crippen LogP contribution in [0, 0.1) is 11.3 Å². The van der Waals surface area contributed by atoms with Gasteiger partial charge in [0.15, 0.2) is 0 Å². The van der Waals surface area contributed by atoms with Crippen molar-refractivity contribution in [3.63, 3.8) is 0 Å². The Morgan fingerprint density at radius 1 is 1.41 bits per heavy atom. The van der Waals surface area contributed by atoms with Gasteiger partial charge in [-0.2, -0.15) is 5.26 Å². The van der Waals surface area contributed by atoms with Crippen LogP contribution in [0.15, 0.2) is 41.3 Å². The highest BCUT2D eigenvalue weighted by Crippen LogP contribution is 2.21. The molecule has 0 radical (unpaired) electrons. The van der Waals surface area contributed by atoms with Crippen LogP contribution in [0.2, 0.25) is 0 Å². The van der Waals surface area contributed by atoms with Crippen molar-refractivity contribution in [2.45, 2.75) is 32.0 Å². The maximum absolute atomic E-state index is 12.5. The van der Waals surface area contributed by atoms with Crippen LogP contribution in [0.4, 0.5) is 0 Å². The molecule has 2 atom stereocenters. The van der Waals surface area contributed by atoms with Gasteiger partial charge in [-0.3, -0.25) is 14.5 Å². The van der Waals surface area contributed by atoms with Gasteiger partial charge in [0, 0.05) is 37.4 Å². The van der Waals surface area contributed by atoms with E-state index < -0.39 is 0 Å². The number of carbonyl (C=O) groups is 2. The van der Waals surface area contributed by atoms with Crippen molar-refractivity contribution in [1.29, 1.82) is 5.26 Å². The van der Waals surface area contributed by atoms with E-state index in [4.69, 9.17) is 9.68 Å². The van der Waals surface area contributed by atoms with Gasteiger partial charge in [0.2, 0.25) is 5.91 Å². The summed E-state index contributed by atoms with van der Waals surface area (Å²) in [6, 6.07) is 6.39. The maximum atomic E-state index is 12.5. The summed E-state index contributed by atoms with van der Waals surface area (Å²) in [5, 5.41) is 14.6. The Balaban J connectivity index is 1.67. The van der Waals surface area contributed by atoms with Crippen molar-refractivity contribution in [2.24, 2.45) is 0 Å². The molecule has 0 unspecified atom stereocenters. The van der Waals surface area contributed by atoms with Crippen molar-refractivity contribution >= 4 is 11.8 Å². The Morgan fingerprint density at radius 2 is 2.26 bits per heavy atom. The highest BCUT2D eigenvalue weighted by Gasteiger charge is 2.37. The smallest absolute Gasteiger partial charge is 0.253 e. The molecule has 3 rings (SSSR count). The van der Waals surface area contributed by atoms with Gasteiger partial charge in [-0.05, 0) is 31.5 Å². The Bertz CT molecular complexity index is 826. The van der Waals surface area contributed by atoms with E-state index in [0.29, 0.717) is 31.6 Å². The topological polar surface area (TPSA) is 111 Å². The Kier molecular flexibility index (Phi) is 5.84. The minimum Gasteiger partial charge on any atom is -0.472 e. The van der Waals surface area contributed by atoms with Crippen LogP contribution in [0.5, 0.6) is 0 Å². The number of likely N-dealkylation sites (tertiary alicyclic amines) is 1. The van der Waals surface area contributed by atoms with E-state index in [9.17, 15) is 9.59 Å². The summed E-state index contributed by atoms with van der Waals surface area (Å²) in [6.45, 7) is 3.57. The normalized spacial score (nSPS) is 19.4. The molecule has 0 bridgehead atoms. The predicted molar refractivity (Wildman–Crippen MR) is 96.4 cm³/mol. The number of hydrogen-bond acceptors (Lipinski definition) is 6. The summed E-state index contributed by atoms with van der Waals surface area (Å²) in [5.41, 5.74) is 1.62. The summed E-state index contributed by atoms with van der Waals surface area (Å²) >= 11 is 0. The number of nitriles is 1. The molecule has 0 saturated carbocycles. The second kappa shape index (κ2) is 8.47. The van der Waals surface area contributed by atoms with Crippen LogP contribution < -0.4 is 10.6 Å². The summed E-state index contributed by atoms with van der Waals surface area (Å²) in [4.78, 5) is 30.8. The second-order valence-corrected chi connectivity index (χ2v) is 6.42. The zero-order valence-corrected chi connectivity index (χ0v) is 15.0. The number of likely N-dealkylation sites (N-methyl/N-ethyl adjacent to an activating group) is 1. The van der Waals surface area contributed by atoms with Gasteiger partial charge < -0.3 is 15.1 Å². The first-order valence-electron chi connectivity index (χ1n) is 8.80. The third-order valence-corrected chi connectivity index (χ3v) is 4.50. The molecule has 2 amide bonds. The van der Waals surface area contributed by atoms with Gasteiger partial charge in [0.25, 0.3) is 5.91 Å². The number of nitrogens with zero attached hydrogens (tertiary/aromatic N) is 3. The zero-order chi connectivity index (χ0) is 19.2. The molecule has 0 aromatic carbocycles. The minimum atomic E-state index is -0.316. The molecule has 1 aliphatic heterocycles.